The molecule has 1 aromatic rings. The molecule has 0 amide bonds. The lowest BCUT2D eigenvalue weighted by atomic mass is 10.2. The fourth-order valence-corrected chi connectivity index (χ4v) is 4.75. The van der Waals surface area contributed by atoms with Gasteiger partial charge in [-0.15, -0.1) is 0 Å². The third-order valence-electron chi connectivity index (χ3n) is 3.81. The molecule has 2 atom stereocenters. The molecule has 0 bridgehead atoms. The first-order valence-corrected chi connectivity index (χ1v) is 8.48. The number of sulfonamides is 1. The summed E-state index contributed by atoms with van der Waals surface area (Å²) in [6, 6.07) is 3.57. The Labute approximate surface area is 125 Å². The number of rotatable bonds is 2. The van der Waals surface area contributed by atoms with Crippen LogP contribution in [0.2, 0.25) is 0 Å². The highest BCUT2D eigenvalue weighted by Gasteiger charge is 2.33. The Morgan fingerprint density at radius 2 is 1.71 bits per heavy atom. The van der Waals surface area contributed by atoms with Crippen LogP contribution in [-0.2, 0) is 10.0 Å². The number of benzene rings is 1. The van der Waals surface area contributed by atoms with Crippen LogP contribution in [0.25, 0.3) is 0 Å². The Hall–Kier alpha value is -1.31. The van der Waals surface area contributed by atoms with E-state index in [-0.39, 0.29) is 18.9 Å². The van der Waals surface area contributed by atoms with E-state index in [1.165, 1.54) is 0 Å². The maximum Gasteiger partial charge on any atom is 0.243 e. The second kappa shape index (κ2) is 5.15. The van der Waals surface area contributed by atoms with Gasteiger partial charge in [0.15, 0.2) is 11.5 Å². The van der Waals surface area contributed by atoms with Gasteiger partial charge >= 0.3 is 0 Å². The fourth-order valence-electron chi connectivity index (χ4n) is 2.91. The van der Waals surface area contributed by atoms with E-state index in [9.17, 15) is 8.42 Å². The first kappa shape index (κ1) is 14.6. The summed E-state index contributed by atoms with van der Waals surface area (Å²) >= 11 is 0. The molecule has 0 aromatic heterocycles. The van der Waals surface area contributed by atoms with Crippen molar-refractivity contribution in [1.29, 1.82) is 0 Å². The Morgan fingerprint density at radius 1 is 1.14 bits per heavy atom. The third kappa shape index (κ3) is 2.61. The molecule has 0 saturated carbocycles. The Bertz CT molecular complexity index is 649. The van der Waals surface area contributed by atoms with Gasteiger partial charge in [0.25, 0.3) is 0 Å². The molecule has 21 heavy (non-hydrogen) atoms. The van der Waals surface area contributed by atoms with Gasteiger partial charge in [0.05, 0.1) is 4.90 Å². The van der Waals surface area contributed by atoms with E-state index in [1.54, 1.807) is 23.4 Å². The van der Waals surface area contributed by atoms with Crippen molar-refractivity contribution < 1.29 is 17.9 Å². The number of aryl methyl sites for hydroxylation is 1. The van der Waals surface area contributed by atoms with Crippen molar-refractivity contribution in [3.05, 3.63) is 17.7 Å². The summed E-state index contributed by atoms with van der Waals surface area (Å²) in [5.41, 5.74) is 0.679. The topological polar surface area (TPSA) is 67.9 Å². The van der Waals surface area contributed by atoms with Gasteiger partial charge in [0, 0.05) is 31.2 Å². The van der Waals surface area contributed by atoms with Crippen LogP contribution in [0.4, 0.5) is 0 Å². The first-order valence-electron chi connectivity index (χ1n) is 7.04. The molecule has 1 aromatic carbocycles. The number of nitrogens with one attached hydrogen (secondary N) is 1. The highest BCUT2D eigenvalue weighted by Crippen LogP contribution is 2.37. The van der Waals surface area contributed by atoms with Crippen LogP contribution in [0.1, 0.15) is 19.4 Å². The zero-order chi connectivity index (χ0) is 15.2. The molecule has 3 rings (SSSR count). The quantitative estimate of drug-likeness (QED) is 0.885. The van der Waals surface area contributed by atoms with Gasteiger partial charge in [-0.3, -0.25) is 0 Å². The second-order valence-corrected chi connectivity index (χ2v) is 7.67. The maximum atomic E-state index is 12.9. The van der Waals surface area contributed by atoms with Crippen molar-refractivity contribution >= 4 is 10.0 Å². The summed E-state index contributed by atoms with van der Waals surface area (Å²) in [5, 5.41) is 3.34. The molecule has 0 spiro atoms. The molecule has 116 valence electrons. The molecular weight excluding hydrogens is 292 g/mol. The van der Waals surface area contributed by atoms with Crippen molar-refractivity contribution in [3.8, 4) is 11.5 Å². The molecule has 7 heteroatoms. The summed E-state index contributed by atoms with van der Waals surface area (Å²) in [7, 11) is -3.52. The molecule has 2 aliphatic heterocycles. The van der Waals surface area contributed by atoms with Crippen molar-refractivity contribution in [2.75, 3.05) is 19.9 Å². The smallest absolute Gasteiger partial charge is 0.243 e. The van der Waals surface area contributed by atoms with Crippen LogP contribution in [0.5, 0.6) is 11.5 Å². The van der Waals surface area contributed by atoms with E-state index in [0.717, 1.165) is 0 Å². The molecule has 1 N–H and O–H groups in total. The van der Waals surface area contributed by atoms with Gasteiger partial charge in [0.2, 0.25) is 16.8 Å². The molecule has 6 nitrogen and oxygen atoms in total. The lowest BCUT2D eigenvalue weighted by molar-refractivity contribution is 0.174. The average molecular weight is 312 g/mol. The van der Waals surface area contributed by atoms with Crippen LogP contribution in [-0.4, -0.2) is 44.7 Å². The van der Waals surface area contributed by atoms with Crippen LogP contribution < -0.4 is 14.8 Å². The summed E-state index contributed by atoms with van der Waals surface area (Å²) in [6.07, 6.45) is 0. The lowest BCUT2D eigenvalue weighted by Gasteiger charge is -2.35. The third-order valence-corrected chi connectivity index (χ3v) is 5.79. The highest BCUT2D eigenvalue weighted by molar-refractivity contribution is 7.89. The summed E-state index contributed by atoms with van der Waals surface area (Å²) in [5.74, 6) is 1.10. The van der Waals surface area contributed by atoms with E-state index >= 15 is 0 Å². The largest absolute Gasteiger partial charge is 0.454 e. The summed E-state index contributed by atoms with van der Waals surface area (Å²) in [6.45, 7) is 6.85. The van der Waals surface area contributed by atoms with E-state index in [1.807, 2.05) is 13.8 Å². The molecule has 2 heterocycles. The van der Waals surface area contributed by atoms with E-state index < -0.39 is 10.0 Å². The fraction of sp³-hybridized carbons (Fsp3) is 0.571. The lowest BCUT2D eigenvalue weighted by Crippen LogP contribution is -2.55. The molecule has 2 aliphatic rings. The SMILES string of the molecule is Cc1cc2c(cc1S(=O)(=O)N1CC(C)NC(C)C1)OCO2. The van der Waals surface area contributed by atoms with Crippen molar-refractivity contribution in [1.82, 2.24) is 9.62 Å². The maximum absolute atomic E-state index is 12.9. The van der Waals surface area contributed by atoms with Gasteiger partial charge in [-0.25, -0.2) is 8.42 Å². The Balaban J connectivity index is 1.98. The second-order valence-electron chi connectivity index (χ2n) is 5.76. The minimum Gasteiger partial charge on any atom is -0.454 e. The van der Waals surface area contributed by atoms with Crippen LogP contribution >= 0.6 is 0 Å². The van der Waals surface area contributed by atoms with Crippen LogP contribution in [0, 0.1) is 6.92 Å². The summed E-state index contributed by atoms with van der Waals surface area (Å²) in [4.78, 5) is 0.299. The standard InChI is InChI=1S/C14H20N2O4S/c1-9-4-12-13(20-8-19-12)5-14(9)21(17,18)16-6-10(2)15-11(3)7-16/h4-5,10-11,15H,6-8H2,1-3H3. The molecular formula is C14H20N2O4S. The van der Waals surface area contributed by atoms with Crippen molar-refractivity contribution in [2.24, 2.45) is 0 Å². The molecule has 1 saturated heterocycles. The zero-order valence-corrected chi connectivity index (χ0v) is 13.2. The van der Waals surface area contributed by atoms with Crippen molar-refractivity contribution in [2.45, 2.75) is 37.8 Å². The highest BCUT2D eigenvalue weighted by atomic mass is 32.2. The van der Waals surface area contributed by atoms with Crippen LogP contribution in [0.15, 0.2) is 17.0 Å². The summed E-state index contributed by atoms with van der Waals surface area (Å²) < 4.78 is 37.9. The van der Waals surface area contributed by atoms with Gasteiger partial charge < -0.3 is 14.8 Å². The number of hydrogen-bond acceptors (Lipinski definition) is 5. The van der Waals surface area contributed by atoms with E-state index in [4.69, 9.17) is 9.47 Å². The number of hydrogen-bond donors (Lipinski definition) is 1. The predicted octanol–water partition coefficient (Wildman–Crippen LogP) is 1.09. The molecule has 0 radical (unpaired) electrons. The average Bonchev–Trinajstić information content (AvgIpc) is 2.83. The first-order chi connectivity index (χ1) is 9.88. The van der Waals surface area contributed by atoms with Gasteiger partial charge in [-0.05, 0) is 32.4 Å². The van der Waals surface area contributed by atoms with Gasteiger partial charge in [-0.2, -0.15) is 4.31 Å². The van der Waals surface area contributed by atoms with Crippen LogP contribution in [0.3, 0.4) is 0 Å². The van der Waals surface area contributed by atoms with Gasteiger partial charge in [-0.1, -0.05) is 0 Å². The monoisotopic (exact) mass is 312 g/mol. The predicted molar refractivity (Wildman–Crippen MR) is 78.1 cm³/mol. The number of fused-ring (bicyclic) bond motifs is 1. The Kier molecular flexibility index (Phi) is 3.59. The molecule has 1 fully saturated rings. The number of piperazine rings is 1. The Morgan fingerprint density at radius 3 is 2.33 bits per heavy atom. The zero-order valence-electron chi connectivity index (χ0n) is 12.4. The van der Waals surface area contributed by atoms with Gasteiger partial charge in [0.1, 0.15) is 0 Å². The minimum atomic E-state index is -3.52. The minimum absolute atomic E-state index is 0.137. The van der Waals surface area contributed by atoms with E-state index in [2.05, 4.69) is 5.32 Å². The normalized spacial score (nSPS) is 26.0. The van der Waals surface area contributed by atoms with E-state index in [0.29, 0.717) is 35.0 Å². The van der Waals surface area contributed by atoms with Crippen molar-refractivity contribution in [3.63, 3.8) is 0 Å². The molecule has 2 unspecified atom stereocenters. The number of ether oxygens (including phenoxy) is 2. The molecule has 0 aliphatic carbocycles. The number of nitrogens with zero attached hydrogens (tertiary/aromatic N) is 1.